The molecular weight excluding hydrogens is 733 g/mol. The molecule has 0 saturated carbocycles. The van der Waals surface area contributed by atoms with Gasteiger partial charge in [0.1, 0.15) is 11.2 Å². The van der Waals surface area contributed by atoms with Gasteiger partial charge in [-0.3, -0.25) is 0 Å². The summed E-state index contributed by atoms with van der Waals surface area (Å²) in [4.78, 5) is 15.0. The van der Waals surface area contributed by atoms with Gasteiger partial charge >= 0.3 is 0 Å². The van der Waals surface area contributed by atoms with Gasteiger partial charge in [0.15, 0.2) is 17.5 Å². The zero-order valence-corrected chi connectivity index (χ0v) is 31.9. The van der Waals surface area contributed by atoms with Crippen LogP contribution in [0.4, 0.5) is 0 Å². The molecule has 0 atom stereocenters. The maximum absolute atomic E-state index is 9.00. The van der Waals surface area contributed by atoms with Gasteiger partial charge in [-0.15, -0.1) is 0 Å². The van der Waals surface area contributed by atoms with Crippen LogP contribution >= 0.6 is 0 Å². The summed E-state index contributed by atoms with van der Waals surface area (Å²) < 4.78 is 52.6. The van der Waals surface area contributed by atoms with E-state index in [4.69, 9.17) is 26.2 Å². The standard InChI is InChI=1S/C55H34N4O/c1-3-14-35(15-4-1)40-30-31-46-47-33-41(59-49-24-11-9-21-44(49)45-22-10-12-25-50(45)59)34-48(52(47)60-51(46)32-40)55-57-53(38-17-5-2-6-18-38)56-54(58-55)39-28-26-37(27-29-39)43-23-13-19-36-16-7-8-20-42(36)43/h1-34H/i2D,5D,6D,17D,18D. The van der Waals surface area contributed by atoms with Gasteiger partial charge in [0.05, 0.1) is 23.5 Å². The highest BCUT2D eigenvalue weighted by Gasteiger charge is 2.22. The van der Waals surface area contributed by atoms with Crippen LogP contribution in [0.3, 0.4) is 0 Å². The van der Waals surface area contributed by atoms with Crippen molar-refractivity contribution in [3.63, 3.8) is 0 Å². The number of furan rings is 1. The molecule has 0 radical (unpaired) electrons. The lowest BCUT2D eigenvalue weighted by Gasteiger charge is -2.13. The maximum Gasteiger partial charge on any atom is 0.167 e. The summed E-state index contributed by atoms with van der Waals surface area (Å²) in [5.41, 5.74) is 9.28. The van der Waals surface area contributed by atoms with E-state index in [2.05, 4.69) is 83.4 Å². The van der Waals surface area contributed by atoms with E-state index in [1.807, 2.05) is 97.1 Å². The fourth-order valence-corrected chi connectivity index (χ4v) is 8.54. The molecule has 12 rings (SSSR count). The number of fused-ring (bicyclic) bond motifs is 7. The Balaban J connectivity index is 1.14. The van der Waals surface area contributed by atoms with Crippen molar-refractivity contribution in [2.24, 2.45) is 0 Å². The summed E-state index contributed by atoms with van der Waals surface area (Å²) in [5.74, 6) is 0.419. The molecule has 5 heteroatoms. The van der Waals surface area contributed by atoms with Crippen molar-refractivity contribution < 1.29 is 11.3 Å². The van der Waals surface area contributed by atoms with Crippen LogP contribution in [0, 0.1) is 0 Å². The van der Waals surface area contributed by atoms with Gasteiger partial charge in [0.25, 0.3) is 0 Å². The van der Waals surface area contributed by atoms with E-state index < -0.39 is 30.2 Å². The third-order valence-corrected chi connectivity index (χ3v) is 11.3. The minimum absolute atomic E-state index is 0.0574. The Morgan fingerprint density at radius 3 is 1.78 bits per heavy atom. The van der Waals surface area contributed by atoms with Crippen molar-refractivity contribution in [3.8, 4) is 62.1 Å². The molecule has 0 amide bonds. The monoisotopic (exact) mass is 771 g/mol. The van der Waals surface area contributed by atoms with E-state index >= 15 is 0 Å². The van der Waals surface area contributed by atoms with Crippen LogP contribution in [0.5, 0.6) is 0 Å². The van der Waals surface area contributed by atoms with Gasteiger partial charge in [-0.05, 0) is 69.4 Å². The van der Waals surface area contributed by atoms with Crippen molar-refractivity contribution in [3.05, 3.63) is 206 Å². The number of aromatic nitrogens is 4. The number of nitrogens with zero attached hydrogens (tertiary/aromatic N) is 4. The average molecular weight is 772 g/mol. The first-order chi connectivity index (χ1) is 31.8. The lowest BCUT2D eigenvalue weighted by atomic mass is 9.97. The van der Waals surface area contributed by atoms with Gasteiger partial charge < -0.3 is 8.98 Å². The van der Waals surface area contributed by atoms with Gasteiger partial charge in [-0.25, -0.2) is 15.0 Å². The van der Waals surface area contributed by atoms with Gasteiger partial charge in [0, 0.05) is 38.4 Å². The average Bonchev–Trinajstić information content (AvgIpc) is 3.90. The molecule has 0 aliphatic heterocycles. The van der Waals surface area contributed by atoms with E-state index in [9.17, 15) is 0 Å². The number of hydrogen-bond acceptors (Lipinski definition) is 4. The first-order valence-corrected chi connectivity index (χ1v) is 19.8. The van der Waals surface area contributed by atoms with Crippen molar-refractivity contribution in [2.75, 3.05) is 0 Å². The fraction of sp³-hybridized carbons (Fsp3) is 0. The SMILES string of the molecule is [2H]c1c([2H])c([2H])c(-c2nc(-c3ccc(-c4cccc5ccccc45)cc3)nc(-c3cc(-n4c5ccccc5c5ccccc54)cc4c3oc3cc(-c5ccccc5)ccc34)n2)c([2H])c1[2H]. The van der Waals surface area contributed by atoms with E-state index in [-0.39, 0.29) is 23.0 Å². The Morgan fingerprint density at radius 2 is 1.02 bits per heavy atom. The smallest absolute Gasteiger partial charge is 0.167 e. The Bertz CT molecular complexity index is 3810. The lowest BCUT2D eigenvalue weighted by Crippen LogP contribution is -2.01. The van der Waals surface area contributed by atoms with E-state index in [0.29, 0.717) is 22.3 Å². The first-order valence-electron chi connectivity index (χ1n) is 22.3. The highest BCUT2D eigenvalue weighted by Crippen LogP contribution is 2.41. The van der Waals surface area contributed by atoms with E-state index in [1.54, 1.807) is 0 Å². The van der Waals surface area contributed by atoms with Crippen LogP contribution < -0.4 is 0 Å². The first kappa shape index (κ1) is 29.1. The van der Waals surface area contributed by atoms with Gasteiger partial charge in [-0.1, -0.05) is 170 Å². The highest BCUT2D eigenvalue weighted by molar-refractivity contribution is 6.13. The molecule has 0 spiro atoms. The van der Waals surface area contributed by atoms with Crippen LogP contribution in [0.25, 0.3) is 117 Å². The molecule has 9 aromatic carbocycles. The van der Waals surface area contributed by atoms with Crippen molar-refractivity contribution in [2.45, 2.75) is 0 Å². The Hall–Kier alpha value is -8.15. The van der Waals surface area contributed by atoms with Gasteiger partial charge in [-0.2, -0.15) is 0 Å². The van der Waals surface area contributed by atoms with Crippen LogP contribution in [0.1, 0.15) is 6.85 Å². The molecule has 0 bridgehead atoms. The molecule has 12 aromatic rings. The molecule has 0 fully saturated rings. The zero-order valence-electron chi connectivity index (χ0n) is 36.9. The van der Waals surface area contributed by atoms with E-state index in [0.717, 1.165) is 71.3 Å². The normalized spacial score (nSPS) is 12.8. The molecule has 0 aliphatic carbocycles. The third kappa shape index (κ3) is 5.59. The topological polar surface area (TPSA) is 56.7 Å². The van der Waals surface area contributed by atoms with Crippen molar-refractivity contribution in [1.29, 1.82) is 0 Å². The predicted molar refractivity (Wildman–Crippen MR) is 246 cm³/mol. The maximum atomic E-state index is 9.00. The van der Waals surface area contributed by atoms with Crippen LogP contribution in [-0.2, 0) is 0 Å². The second-order valence-electron chi connectivity index (χ2n) is 14.8. The van der Waals surface area contributed by atoms with Crippen molar-refractivity contribution >= 4 is 54.5 Å². The van der Waals surface area contributed by atoms with Crippen LogP contribution in [0.15, 0.2) is 211 Å². The molecule has 0 unspecified atom stereocenters. The van der Waals surface area contributed by atoms with Gasteiger partial charge in [0.2, 0.25) is 0 Å². The number of hydrogen-bond donors (Lipinski definition) is 0. The Morgan fingerprint density at radius 1 is 0.400 bits per heavy atom. The summed E-state index contributed by atoms with van der Waals surface area (Å²) in [6.07, 6.45) is 0. The van der Waals surface area contributed by atoms with E-state index in [1.165, 1.54) is 0 Å². The second kappa shape index (κ2) is 13.8. The second-order valence-corrected chi connectivity index (χ2v) is 14.8. The Kier molecular flexibility index (Phi) is 6.68. The quantitative estimate of drug-likeness (QED) is 0.169. The minimum atomic E-state index is -0.500. The summed E-state index contributed by atoms with van der Waals surface area (Å²) in [6, 6.07) is 57.3. The summed E-state index contributed by atoms with van der Waals surface area (Å²) >= 11 is 0. The molecule has 280 valence electrons. The minimum Gasteiger partial charge on any atom is -0.455 e. The molecule has 0 N–H and O–H groups in total. The third-order valence-electron chi connectivity index (χ3n) is 11.3. The van der Waals surface area contributed by atoms with Crippen LogP contribution in [-0.4, -0.2) is 19.5 Å². The zero-order chi connectivity index (χ0) is 43.9. The highest BCUT2D eigenvalue weighted by atomic mass is 16.3. The summed E-state index contributed by atoms with van der Waals surface area (Å²) in [6.45, 7) is 0. The summed E-state index contributed by atoms with van der Waals surface area (Å²) in [5, 5.41) is 6.20. The number of rotatable bonds is 6. The largest absolute Gasteiger partial charge is 0.455 e. The Labute approximate surface area is 352 Å². The molecule has 0 saturated heterocycles. The summed E-state index contributed by atoms with van der Waals surface area (Å²) in [7, 11) is 0. The number of para-hydroxylation sites is 2. The fourth-order valence-electron chi connectivity index (χ4n) is 8.54. The molecule has 0 aliphatic rings. The molecule has 3 aromatic heterocycles. The number of benzene rings is 9. The molecule has 3 heterocycles. The molecular formula is C55H34N4O. The molecule has 60 heavy (non-hydrogen) atoms. The van der Waals surface area contributed by atoms with Crippen LogP contribution in [0.2, 0.25) is 0 Å². The molecule has 5 nitrogen and oxygen atoms in total. The van der Waals surface area contributed by atoms with Crippen molar-refractivity contribution in [1.82, 2.24) is 19.5 Å². The predicted octanol–water partition coefficient (Wildman–Crippen LogP) is 14.4. The lowest BCUT2D eigenvalue weighted by molar-refractivity contribution is 0.669.